The molecule has 2 aromatic heterocycles. The Morgan fingerprint density at radius 2 is 1.24 bits per heavy atom. The largest absolute Gasteiger partial charge is 0.506 e. The molecule has 0 bridgehead atoms. The molecule has 15 nitrogen and oxygen atoms in total. The third-order valence-corrected chi connectivity index (χ3v) is 10.1. The Balaban J connectivity index is 1.37. The number of carbonyl (C=O) groups is 4. The molecule has 0 fully saturated rings. The van der Waals surface area contributed by atoms with Crippen LogP contribution >= 0.6 is 11.6 Å². The molecule has 1 aliphatic carbocycles. The van der Waals surface area contributed by atoms with E-state index in [0.29, 0.717) is 33.2 Å². The van der Waals surface area contributed by atoms with Gasteiger partial charge in [0.25, 0.3) is 0 Å². The van der Waals surface area contributed by atoms with Crippen molar-refractivity contribution in [3.63, 3.8) is 0 Å². The van der Waals surface area contributed by atoms with Crippen molar-refractivity contribution in [2.45, 2.75) is 13.1 Å². The molecule has 2 aliphatic rings. The first kappa shape index (κ1) is 37.9. The van der Waals surface area contributed by atoms with Crippen LogP contribution in [0, 0.1) is 0 Å². The van der Waals surface area contributed by atoms with Crippen molar-refractivity contribution in [3.8, 4) is 28.2 Å². The molecule has 16 heteroatoms. The average molecular weight is 811 g/mol. The molecule has 7 N–H and O–H groups in total. The zero-order chi connectivity index (χ0) is 41.7. The van der Waals surface area contributed by atoms with Crippen LogP contribution in [0.5, 0.6) is 5.75 Å². The van der Waals surface area contributed by atoms with E-state index in [0.717, 1.165) is 12.1 Å². The molecule has 0 unspecified atom stereocenters. The van der Waals surface area contributed by atoms with Crippen LogP contribution in [0.1, 0.15) is 52.8 Å². The maximum atomic E-state index is 13.8. The summed E-state index contributed by atoms with van der Waals surface area (Å²) in [5, 5.41) is 58.5. The second-order valence-electron chi connectivity index (χ2n) is 13.3. The number of pyridine rings is 2. The normalized spacial score (nSPS) is 11.3. The van der Waals surface area contributed by atoms with E-state index in [4.69, 9.17) is 16.0 Å². The lowest BCUT2D eigenvalue weighted by Gasteiger charge is -2.22. The molecule has 59 heavy (non-hydrogen) atoms. The van der Waals surface area contributed by atoms with E-state index in [1.165, 1.54) is 36.4 Å². The number of nitrogens with zero attached hydrogens (tertiary/aromatic N) is 2. The summed E-state index contributed by atoms with van der Waals surface area (Å²) in [6.45, 7) is -0.445. The van der Waals surface area contributed by atoms with Crippen molar-refractivity contribution in [1.29, 1.82) is 0 Å². The molecule has 6 aromatic rings. The van der Waals surface area contributed by atoms with Gasteiger partial charge in [-0.25, -0.2) is 29.1 Å². The molecule has 0 amide bonds. The number of phenols is 1. The summed E-state index contributed by atoms with van der Waals surface area (Å²) in [4.78, 5) is 70.8. The summed E-state index contributed by atoms with van der Waals surface area (Å²) in [5.41, 5.74) is 0.233. The van der Waals surface area contributed by atoms with Crippen molar-refractivity contribution >= 4 is 79.6 Å². The van der Waals surface area contributed by atoms with Gasteiger partial charge < -0.3 is 40.6 Å². The van der Waals surface area contributed by atoms with E-state index in [1.807, 2.05) is 0 Å². The van der Waals surface area contributed by atoms with Crippen molar-refractivity contribution in [1.82, 2.24) is 9.97 Å². The van der Waals surface area contributed by atoms with Crippen molar-refractivity contribution in [2.24, 2.45) is 0 Å². The van der Waals surface area contributed by atoms with E-state index >= 15 is 0 Å². The number of aromatic carboxylic acids is 4. The lowest BCUT2D eigenvalue weighted by atomic mass is 9.87. The number of para-hydroxylation sites is 2. The van der Waals surface area contributed by atoms with E-state index in [9.17, 15) is 49.5 Å². The lowest BCUT2D eigenvalue weighted by molar-refractivity contribution is 0.0680. The van der Waals surface area contributed by atoms with Crippen LogP contribution in [0.25, 0.3) is 55.2 Å². The van der Waals surface area contributed by atoms with Gasteiger partial charge in [-0.3, -0.25) is 4.79 Å². The van der Waals surface area contributed by atoms with Crippen molar-refractivity contribution < 1.29 is 49.1 Å². The number of carboxylic acid groups (broad SMARTS) is 4. The highest BCUT2D eigenvalue weighted by molar-refractivity contribution is 6.33. The summed E-state index contributed by atoms with van der Waals surface area (Å²) >= 11 is 6.66. The van der Waals surface area contributed by atoms with Gasteiger partial charge in [0.05, 0.1) is 49.7 Å². The first-order chi connectivity index (χ1) is 28.3. The van der Waals surface area contributed by atoms with Gasteiger partial charge in [-0.05, 0) is 66.2 Å². The summed E-state index contributed by atoms with van der Waals surface area (Å²) in [6, 6.07) is 23.6. The molecule has 0 radical (unpaired) electrons. The van der Waals surface area contributed by atoms with Crippen molar-refractivity contribution in [2.75, 3.05) is 10.6 Å². The molecule has 0 saturated carbocycles. The first-order valence-corrected chi connectivity index (χ1v) is 18.0. The predicted molar refractivity (Wildman–Crippen MR) is 217 cm³/mol. The summed E-state index contributed by atoms with van der Waals surface area (Å²) in [6.07, 6.45) is 0. The number of hydrogen-bond donors (Lipinski definition) is 7. The third-order valence-electron chi connectivity index (χ3n) is 9.82. The number of phenolic OH excluding ortho intramolecular Hbond substituents is 1. The van der Waals surface area contributed by atoms with E-state index in [2.05, 4.69) is 20.6 Å². The molecule has 4 aromatic carbocycles. The molecular formula is C43H27ClN4O11. The highest BCUT2D eigenvalue weighted by Gasteiger charge is 2.28. The Kier molecular flexibility index (Phi) is 9.50. The van der Waals surface area contributed by atoms with Gasteiger partial charge in [-0.2, -0.15) is 0 Å². The van der Waals surface area contributed by atoms with Crippen LogP contribution in [0.15, 0.2) is 106 Å². The maximum Gasteiger partial charge on any atom is 0.354 e. The number of aromatic hydroxyl groups is 1. The molecule has 0 spiro atoms. The summed E-state index contributed by atoms with van der Waals surface area (Å²) in [5.74, 6) is -5.69. The van der Waals surface area contributed by atoms with Crippen LogP contribution in [-0.4, -0.2) is 59.4 Å². The van der Waals surface area contributed by atoms with Gasteiger partial charge in [0.15, 0.2) is 5.43 Å². The number of carboxylic acids is 4. The van der Waals surface area contributed by atoms with Gasteiger partial charge in [0.1, 0.15) is 28.5 Å². The summed E-state index contributed by atoms with van der Waals surface area (Å²) < 4.78 is 6.57. The van der Waals surface area contributed by atoms with Crippen molar-refractivity contribution in [3.05, 3.63) is 146 Å². The second kappa shape index (κ2) is 14.8. The van der Waals surface area contributed by atoms with Gasteiger partial charge in [-0.15, -0.1) is 0 Å². The van der Waals surface area contributed by atoms with Crippen LogP contribution in [0.4, 0.5) is 11.4 Å². The minimum atomic E-state index is -1.39. The van der Waals surface area contributed by atoms with Crippen LogP contribution in [-0.2, 0) is 13.1 Å². The Hall–Kier alpha value is -8.04. The second-order valence-corrected chi connectivity index (χ2v) is 13.7. The fraction of sp³-hybridized carbons (Fsp3) is 0.0465. The standard InChI is InChI=1S/C43H27ClN4O11/c44-28-16-25-34(24-15-21(40(51)52)7-10-22(24)41(53)54)23-11-14-33(49)26(17-45-29-5-1-3-19-8-12-31(42(55)56)47-35(19)29)38(23)59-39(25)27(37(28)50)18-46-30-6-2-4-20-9-13-32(43(57)58)48-36(20)30/h1-16,45-46,50H,17-18H2,(H,51,52)(H,53,54)(H,55,56)(H,57,58). The number of hydrogen-bond acceptors (Lipinski definition) is 11. The minimum absolute atomic E-state index is 0.0381. The van der Waals surface area contributed by atoms with Crippen LogP contribution < -0.4 is 16.1 Å². The number of nitrogens with one attached hydrogen (secondary N) is 2. The highest BCUT2D eigenvalue weighted by Crippen LogP contribution is 2.47. The predicted octanol–water partition coefficient (Wildman–Crippen LogP) is 8.04. The van der Waals surface area contributed by atoms with Gasteiger partial charge in [0, 0.05) is 40.4 Å². The van der Waals surface area contributed by atoms with E-state index in [1.54, 1.807) is 48.5 Å². The number of halogens is 1. The smallest absolute Gasteiger partial charge is 0.354 e. The molecule has 0 atom stereocenters. The van der Waals surface area contributed by atoms with Gasteiger partial charge in [-0.1, -0.05) is 48.0 Å². The molecule has 3 heterocycles. The third kappa shape index (κ3) is 6.80. The number of fused-ring (bicyclic) bond motifs is 4. The van der Waals surface area contributed by atoms with E-state index in [-0.39, 0.29) is 85.2 Å². The molecule has 0 saturated heterocycles. The Bertz CT molecular complexity index is 3150. The lowest BCUT2D eigenvalue weighted by Crippen LogP contribution is -2.15. The topological polar surface area (TPSA) is 249 Å². The van der Waals surface area contributed by atoms with Crippen LogP contribution in [0.3, 0.4) is 0 Å². The molecule has 8 rings (SSSR count). The molecule has 292 valence electrons. The fourth-order valence-corrected chi connectivity index (χ4v) is 7.25. The summed E-state index contributed by atoms with van der Waals surface area (Å²) in [7, 11) is 0. The number of benzene rings is 5. The fourth-order valence-electron chi connectivity index (χ4n) is 7.02. The number of aromatic nitrogens is 2. The Morgan fingerprint density at radius 1 is 0.644 bits per heavy atom. The zero-order valence-electron chi connectivity index (χ0n) is 30.1. The number of anilines is 2. The monoisotopic (exact) mass is 810 g/mol. The first-order valence-electron chi connectivity index (χ1n) is 17.6. The Morgan fingerprint density at radius 3 is 1.80 bits per heavy atom. The quantitative estimate of drug-likeness (QED) is 0.0611. The van der Waals surface area contributed by atoms with Gasteiger partial charge in [0.2, 0.25) is 0 Å². The highest BCUT2D eigenvalue weighted by atomic mass is 35.5. The average Bonchev–Trinajstić information content (AvgIpc) is 3.22. The zero-order valence-corrected chi connectivity index (χ0v) is 30.9. The maximum absolute atomic E-state index is 13.8. The molecular weight excluding hydrogens is 784 g/mol. The Labute approximate surface area is 335 Å². The van der Waals surface area contributed by atoms with Gasteiger partial charge >= 0.3 is 23.9 Å². The SMILES string of the molecule is O=C(O)c1ccc(C(=O)O)c(-c2c3ccc(=O)c(CNc4cccc5ccc(C(=O)O)nc45)c-3oc3c(CNc4cccc5ccc(C(=O)O)nc45)c(O)c(Cl)cc23)c1. The van der Waals surface area contributed by atoms with E-state index < -0.39 is 35.1 Å². The van der Waals surface area contributed by atoms with Crippen LogP contribution in [0.2, 0.25) is 5.02 Å². The number of rotatable bonds is 11. The molecule has 1 aliphatic heterocycles. The minimum Gasteiger partial charge on any atom is -0.506 e.